The van der Waals surface area contributed by atoms with E-state index < -0.39 is 36.3 Å². The number of aromatic nitrogens is 1. The van der Waals surface area contributed by atoms with Crippen LogP contribution in [0.3, 0.4) is 0 Å². The maximum absolute atomic E-state index is 12.9. The van der Waals surface area contributed by atoms with E-state index in [0.717, 1.165) is 10.5 Å². The van der Waals surface area contributed by atoms with Crippen molar-refractivity contribution in [3.05, 3.63) is 58.4 Å². The van der Waals surface area contributed by atoms with Gasteiger partial charge >= 0.3 is 0 Å². The number of aromatic amines is 1. The van der Waals surface area contributed by atoms with E-state index in [1.54, 1.807) is 0 Å². The second-order valence-corrected chi connectivity index (χ2v) is 8.38. The molecule has 2 amide bonds. The van der Waals surface area contributed by atoms with Crippen LogP contribution in [0.1, 0.15) is 22.5 Å². The predicted molar refractivity (Wildman–Crippen MR) is 114 cm³/mol. The first-order chi connectivity index (χ1) is 14.8. The molecule has 0 saturated carbocycles. The Balaban J connectivity index is 1.55. The molecule has 1 aliphatic rings. The number of rotatable bonds is 6. The van der Waals surface area contributed by atoms with Gasteiger partial charge in [-0.3, -0.25) is 9.59 Å². The quantitative estimate of drug-likeness (QED) is 0.350. The molecule has 164 valence electrons. The first-order valence-corrected chi connectivity index (χ1v) is 10.6. The Hall–Kier alpha value is -2.66. The number of H-pyrrole nitrogens is 1. The summed E-state index contributed by atoms with van der Waals surface area (Å²) in [4.78, 5) is 29.7. The summed E-state index contributed by atoms with van der Waals surface area (Å²) in [6, 6.07) is 9.69. The van der Waals surface area contributed by atoms with E-state index in [2.05, 4.69) is 26.2 Å². The van der Waals surface area contributed by atoms with Crippen molar-refractivity contribution in [2.75, 3.05) is 6.54 Å². The molecule has 3 heterocycles. The Labute approximate surface area is 185 Å². The van der Waals surface area contributed by atoms with Gasteiger partial charge in [0.15, 0.2) is 17.9 Å². The number of nitrogens with zero attached hydrogens (tertiary/aromatic N) is 1. The summed E-state index contributed by atoms with van der Waals surface area (Å²) in [5.74, 6) is -1.28. The van der Waals surface area contributed by atoms with Crippen molar-refractivity contribution in [3.8, 4) is 0 Å². The molecule has 4 rings (SSSR count). The minimum atomic E-state index is -1.62. The Bertz CT molecular complexity index is 1080. The molecule has 2 unspecified atom stereocenters. The molecule has 9 nitrogen and oxygen atoms in total. The second kappa shape index (κ2) is 8.83. The number of benzene rings is 1. The van der Waals surface area contributed by atoms with Gasteiger partial charge in [-0.2, -0.15) is 0 Å². The van der Waals surface area contributed by atoms with Gasteiger partial charge in [-0.1, -0.05) is 30.3 Å². The topological polar surface area (TPSA) is 139 Å². The number of hydrogen-bond donors (Lipinski definition) is 5. The molecule has 1 aliphatic heterocycles. The predicted octanol–water partition coefficient (Wildman–Crippen LogP) is 1.14. The van der Waals surface area contributed by atoms with Gasteiger partial charge in [0, 0.05) is 12.6 Å². The first kappa shape index (κ1) is 21.6. The number of furan rings is 1. The average molecular weight is 492 g/mol. The molecular formula is C21H22BrN3O6. The second-order valence-electron chi connectivity index (χ2n) is 7.52. The van der Waals surface area contributed by atoms with Crippen LogP contribution in [0, 0.1) is 0 Å². The van der Waals surface area contributed by atoms with Gasteiger partial charge in [-0.15, -0.1) is 0 Å². The van der Waals surface area contributed by atoms with Crippen molar-refractivity contribution < 1.29 is 29.3 Å². The molecule has 0 radical (unpaired) electrons. The maximum atomic E-state index is 12.9. The van der Waals surface area contributed by atoms with Crippen molar-refractivity contribution in [1.82, 2.24) is 15.2 Å². The molecule has 2 aromatic heterocycles. The van der Waals surface area contributed by atoms with E-state index in [0.29, 0.717) is 15.6 Å². The maximum Gasteiger partial charge on any atom is 0.268 e. The Morgan fingerprint density at radius 2 is 2.03 bits per heavy atom. The van der Waals surface area contributed by atoms with Crippen LogP contribution in [0.15, 0.2) is 51.6 Å². The minimum Gasteiger partial charge on any atom is -0.461 e. The standard InChI is InChI=1S/C21H22BrN3O6/c22-12-10-31-16-9-14(23-17(12)16)19(28)24-13(8-11-4-2-1-3-5-11)18(27)21(30)25-7-6-15(26)20(25)29/h1-5,9-10,13,15,18,20,23,26-27,29H,6-8H2,(H,24,28)/t13-,15?,18+,20?/m0/s1. The number of aliphatic hydroxyl groups is 3. The molecule has 5 N–H and O–H groups in total. The molecule has 1 fully saturated rings. The van der Waals surface area contributed by atoms with Gasteiger partial charge in [-0.05, 0) is 34.3 Å². The summed E-state index contributed by atoms with van der Waals surface area (Å²) in [6.45, 7) is 0.116. The van der Waals surface area contributed by atoms with E-state index in [1.165, 1.54) is 12.3 Å². The Morgan fingerprint density at radius 3 is 2.68 bits per heavy atom. The van der Waals surface area contributed by atoms with E-state index >= 15 is 0 Å². The molecule has 4 atom stereocenters. The van der Waals surface area contributed by atoms with Crippen LogP contribution < -0.4 is 5.32 Å². The molecule has 0 spiro atoms. The lowest BCUT2D eigenvalue weighted by Crippen LogP contribution is -2.54. The number of aliphatic hydroxyl groups excluding tert-OH is 3. The van der Waals surface area contributed by atoms with Gasteiger partial charge in [0.05, 0.1) is 16.0 Å². The van der Waals surface area contributed by atoms with Crippen molar-refractivity contribution in [1.29, 1.82) is 0 Å². The lowest BCUT2D eigenvalue weighted by Gasteiger charge is -2.29. The van der Waals surface area contributed by atoms with Crippen molar-refractivity contribution in [2.24, 2.45) is 0 Å². The largest absolute Gasteiger partial charge is 0.461 e. The summed E-state index contributed by atoms with van der Waals surface area (Å²) in [5.41, 5.74) is 2.13. The fourth-order valence-electron chi connectivity index (χ4n) is 3.70. The molecule has 1 aromatic carbocycles. The van der Waals surface area contributed by atoms with Gasteiger partial charge in [0.25, 0.3) is 11.8 Å². The number of carbonyl (C=O) groups is 2. The van der Waals surface area contributed by atoms with Gasteiger partial charge in [0.1, 0.15) is 18.1 Å². The Kier molecular flexibility index (Phi) is 6.15. The zero-order valence-electron chi connectivity index (χ0n) is 16.4. The highest BCUT2D eigenvalue weighted by Gasteiger charge is 2.40. The van der Waals surface area contributed by atoms with Crippen LogP contribution in [-0.4, -0.2) is 68.0 Å². The third kappa shape index (κ3) is 4.38. The number of halogens is 1. The van der Waals surface area contributed by atoms with Crippen LogP contribution in [-0.2, 0) is 11.2 Å². The number of likely N-dealkylation sites (tertiary alicyclic amines) is 1. The zero-order chi connectivity index (χ0) is 22.1. The van der Waals surface area contributed by atoms with E-state index in [-0.39, 0.29) is 25.1 Å². The van der Waals surface area contributed by atoms with Crippen molar-refractivity contribution >= 4 is 38.8 Å². The van der Waals surface area contributed by atoms with Gasteiger partial charge in [0.2, 0.25) is 0 Å². The highest BCUT2D eigenvalue weighted by Crippen LogP contribution is 2.26. The molecule has 0 aliphatic carbocycles. The van der Waals surface area contributed by atoms with Gasteiger partial charge < -0.3 is 34.9 Å². The smallest absolute Gasteiger partial charge is 0.268 e. The summed E-state index contributed by atoms with van der Waals surface area (Å²) < 4.78 is 6.00. The molecule has 31 heavy (non-hydrogen) atoms. The van der Waals surface area contributed by atoms with Crippen LogP contribution in [0.25, 0.3) is 11.1 Å². The van der Waals surface area contributed by atoms with Crippen LogP contribution in [0.4, 0.5) is 0 Å². The molecular weight excluding hydrogens is 470 g/mol. The lowest BCUT2D eigenvalue weighted by molar-refractivity contribution is -0.152. The normalized spacial score (nSPS) is 20.7. The third-order valence-electron chi connectivity index (χ3n) is 5.42. The van der Waals surface area contributed by atoms with Crippen LogP contribution in [0.5, 0.6) is 0 Å². The van der Waals surface area contributed by atoms with Gasteiger partial charge in [-0.25, -0.2) is 0 Å². The number of fused-ring (bicyclic) bond motifs is 1. The molecule has 10 heteroatoms. The Morgan fingerprint density at radius 1 is 1.29 bits per heavy atom. The SMILES string of the molecule is O=C(N[C@@H](Cc1ccccc1)[C@@H](O)C(=O)N1CCC(O)C1O)c1cc2occ(Br)c2[nH]1. The summed E-state index contributed by atoms with van der Waals surface area (Å²) >= 11 is 3.32. The van der Waals surface area contributed by atoms with E-state index in [9.17, 15) is 24.9 Å². The number of carbonyl (C=O) groups excluding carboxylic acids is 2. The molecule has 1 saturated heterocycles. The van der Waals surface area contributed by atoms with Crippen molar-refractivity contribution in [2.45, 2.75) is 37.3 Å². The van der Waals surface area contributed by atoms with Crippen LogP contribution >= 0.6 is 15.9 Å². The average Bonchev–Trinajstić information content (AvgIpc) is 3.44. The lowest BCUT2D eigenvalue weighted by atomic mass is 10.00. The van der Waals surface area contributed by atoms with E-state index in [4.69, 9.17) is 4.42 Å². The zero-order valence-corrected chi connectivity index (χ0v) is 17.9. The number of nitrogens with one attached hydrogen (secondary N) is 2. The highest BCUT2D eigenvalue weighted by molar-refractivity contribution is 9.10. The first-order valence-electron chi connectivity index (χ1n) is 9.80. The van der Waals surface area contributed by atoms with Crippen LogP contribution in [0.2, 0.25) is 0 Å². The monoisotopic (exact) mass is 491 g/mol. The van der Waals surface area contributed by atoms with Crippen molar-refractivity contribution in [3.63, 3.8) is 0 Å². The number of amides is 2. The molecule has 0 bridgehead atoms. The molecule has 3 aromatic rings. The summed E-state index contributed by atoms with van der Waals surface area (Å²) in [5, 5.41) is 33.3. The number of hydrogen-bond acceptors (Lipinski definition) is 6. The van der Waals surface area contributed by atoms with E-state index in [1.807, 2.05) is 30.3 Å². The fraction of sp³-hybridized carbons (Fsp3) is 0.333. The summed E-state index contributed by atoms with van der Waals surface area (Å²) in [6.07, 6.45) is -2.17. The third-order valence-corrected chi connectivity index (χ3v) is 6.00. The minimum absolute atomic E-state index is 0.116. The highest BCUT2D eigenvalue weighted by atomic mass is 79.9. The fourth-order valence-corrected chi connectivity index (χ4v) is 4.09. The summed E-state index contributed by atoms with van der Waals surface area (Å²) in [7, 11) is 0.